The third-order valence-corrected chi connectivity index (χ3v) is 9.91. The number of hydrogen-bond donors (Lipinski definition) is 1. The Hall–Kier alpha value is -3.58. The minimum absolute atomic E-state index is 0.670. The van der Waals surface area contributed by atoms with E-state index in [-0.39, 0.29) is 0 Å². The lowest BCUT2D eigenvalue weighted by atomic mass is 10.2. The van der Waals surface area contributed by atoms with Crippen LogP contribution < -0.4 is 21.2 Å². The maximum Gasteiger partial charge on any atom is 0.0861 e. The Bertz CT molecular complexity index is 1380. The van der Waals surface area contributed by atoms with Crippen molar-refractivity contribution in [3.05, 3.63) is 144 Å². The first kappa shape index (κ1) is 23.2. The fourth-order valence-corrected chi connectivity index (χ4v) is 7.99. The molecule has 5 aromatic rings. The Balaban J connectivity index is 1.83. The van der Waals surface area contributed by atoms with E-state index in [9.17, 15) is 0 Å². The fourth-order valence-electron chi connectivity index (χ4n) is 4.27. The molecular weight excluding hydrogens is 467 g/mol. The van der Waals surface area contributed by atoms with Crippen molar-refractivity contribution >= 4 is 51.6 Å². The highest BCUT2D eigenvalue weighted by Gasteiger charge is 2.27. The van der Waals surface area contributed by atoms with Crippen LogP contribution in [-0.2, 0) is 0 Å². The van der Waals surface area contributed by atoms with E-state index in [1.54, 1.807) is 0 Å². The topological polar surface area (TPSA) is 24.4 Å². The molecule has 35 heavy (non-hydrogen) atoms. The number of para-hydroxylation sites is 1. The maximum absolute atomic E-state index is 6.47. The van der Waals surface area contributed by atoms with Gasteiger partial charge in [-0.15, -0.1) is 0 Å². The maximum atomic E-state index is 6.47. The summed E-state index contributed by atoms with van der Waals surface area (Å²) in [5.74, 6) is 0. The Kier molecular flexibility index (Phi) is 6.86. The minimum atomic E-state index is -2.39. The molecule has 0 amide bonds. The number of hydrogen-bond acceptors (Lipinski definition) is 2. The summed E-state index contributed by atoms with van der Waals surface area (Å²) in [6.07, 6.45) is 0. The third-order valence-electron chi connectivity index (χ3n) is 6.02. The van der Waals surface area contributed by atoms with Gasteiger partial charge in [0.15, 0.2) is 0 Å². The number of rotatable bonds is 6. The second-order valence-electron chi connectivity index (χ2n) is 8.34. The van der Waals surface area contributed by atoms with Crippen molar-refractivity contribution in [2.24, 2.45) is 4.74 Å². The van der Waals surface area contributed by atoms with Crippen molar-refractivity contribution in [1.29, 1.82) is 0 Å². The average Bonchev–Trinajstić information content (AvgIpc) is 2.91. The van der Waals surface area contributed by atoms with Crippen LogP contribution in [0.3, 0.4) is 0 Å². The van der Waals surface area contributed by atoms with E-state index in [0.29, 0.717) is 5.02 Å². The monoisotopic (exact) mass is 492 g/mol. The second kappa shape index (κ2) is 10.4. The standard InChI is InChI=1S/C31H26ClN2P/c1-24-13-11-12-20-29(24)33-31-23-25(32)21-22-30(31)34-35(26-14-5-2-6-15-26,27-16-7-3-8-17-27)28-18-9-4-10-19-28/h2-23,33H,1H3. The molecule has 0 heterocycles. The van der Waals surface area contributed by atoms with E-state index >= 15 is 0 Å². The van der Waals surface area contributed by atoms with Gasteiger partial charge in [0.1, 0.15) is 0 Å². The molecule has 0 radical (unpaired) electrons. The van der Waals surface area contributed by atoms with E-state index in [4.69, 9.17) is 16.3 Å². The Labute approximate surface area is 212 Å². The van der Waals surface area contributed by atoms with Gasteiger partial charge in [-0.1, -0.05) is 121 Å². The van der Waals surface area contributed by atoms with Crippen LogP contribution in [0.15, 0.2) is 138 Å². The van der Waals surface area contributed by atoms with Crippen LogP contribution in [0.25, 0.3) is 0 Å². The Morgan fingerprint density at radius 2 is 1.06 bits per heavy atom. The van der Waals surface area contributed by atoms with Gasteiger partial charge >= 0.3 is 0 Å². The zero-order valence-electron chi connectivity index (χ0n) is 19.5. The number of halogens is 1. The molecule has 1 N–H and O–H groups in total. The lowest BCUT2D eigenvalue weighted by Crippen LogP contribution is -2.25. The van der Waals surface area contributed by atoms with Crippen LogP contribution in [0.1, 0.15) is 5.56 Å². The van der Waals surface area contributed by atoms with Gasteiger partial charge in [0.2, 0.25) is 0 Å². The largest absolute Gasteiger partial charge is 0.354 e. The van der Waals surface area contributed by atoms with Crippen molar-refractivity contribution in [3.63, 3.8) is 0 Å². The molecule has 0 saturated carbocycles. The zero-order valence-corrected chi connectivity index (χ0v) is 21.1. The molecule has 0 unspecified atom stereocenters. The summed E-state index contributed by atoms with van der Waals surface area (Å²) < 4.78 is 5.66. The Morgan fingerprint density at radius 3 is 1.57 bits per heavy atom. The van der Waals surface area contributed by atoms with Crippen molar-refractivity contribution in [1.82, 2.24) is 0 Å². The molecule has 0 bridgehead atoms. The molecule has 0 aromatic heterocycles. The van der Waals surface area contributed by atoms with Crippen LogP contribution in [-0.4, -0.2) is 0 Å². The number of anilines is 2. The number of benzene rings is 5. The normalized spacial score (nSPS) is 11.1. The Morgan fingerprint density at radius 1 is 0.571 bits per heavy atom. The van der Waals surface area contributed by atoms with Gasteiger partial charge in [-0.2, -0.15) is 0 Å². The van der Waals surface area contributed by atoms with E-state index in [1.165, 1.54) is 15.9 Å². The third kappa shape index (κ3) is 4.82. The van der Waals surface area contributed by atoms with Gasteiger partial charge < -0.3 is 5.32 Å². The molecule has 0 aliphatic heterocycles. The molecule has 172 valence electrons. The van der Waals surface area contributed by atoms with Crippen molar-refractivity contribution in [3.8, 4) is 0 Å². The first-order valence-corrected chi connectivity index (χ1v) is 13.7. The van der Waals surface area contributed by atoms with E-state index in [1.807, 2.05) is 30.3 Å². The van der Waals surface area contributed by atoms with E-state index in [0.717, 1.165) is 22.6 Å². The van der Waals surface area contributed by atoms with Gasteiger partial charge in [-0.3, -0.25) is 4.74 Å². The van der Waals surface area contributed by atoms with Crippen LogP contribution in [0, 0.1) is 6.92 Å². The first-order chi connectivity index (χ1) is 17.2. The predicted octanol–water partition coefficient (Wildman–Crippen LogP) is 8.20. The summed E-state index contributed by atoms with van der Waals surface area (Å²) in [5.41, 5.74) is 3.96. The van der Waals surface area contributed by atoms with Crippen molar-refractivity contribution < 1.29 is 0 Å². The van der Waals surface area contributed by atoms with Gasteiger partial charge in [0.25, 0.3) is 0 Å². The number of nitrogens with zero attached hydrogens (tertiary/aromatic N) is 1. The molecule has 5 aromatic carbocycles. The molecule has 5 rings (SSSR count). The fraction of sp³-hybridized carbons (Fsp3) is 0.0323. The number of nitrogens with one attached hydrogen (secondary N) is 1. The molecule has 0 saturated heterocycles. The van der Waals surface area contributed by atoms with Crippen LogP contribution in [0.2, 0.25) is 5.02 Å². The highest BCUT2D eigenvalue weighted by molar-refractivity contribution is 7.87. The predicted molar refractivity (Wildman–Crippen MR) is 153 cm³/mol. The van der Waals surface area contributed by atoms with E-state index < -0.39 is 7.05 Å². The van der Waals surface area contributed by atoms with Gasteiger partial charge in [-0.25, -0.2) is 0 Å². The molecule has 0 atom stereocenters. The average molecular weight is 493 g/mol. The molecule has 0 fully saturated rings. The number of aryl methyl sites for hydroxylation is 1. The van der Waals surface area contributed by atoms with Crippen molar-refractivity contribution in [2.75, 3.05) is 5.32 Å². The van der Waals surface area contributed by atoms with Crippen LogP contribution >= 0.6 is 18.7 Å². The van der Waals surface area contributed by atoms with Crippen molar-refractivity contribution in [2.45, 2.75) is 6.92 Å². The summed E-state index contributed by atoms with van der Waals surface area (Å²) in [7, 11) is -2.39. The smallest absolute Gasteiger partial charge is 0.0861 e. The summed E-state index contributed by atoms with van der Waals surface area (Å²) in [6.45, 7) is 2.10. The minimum Gasteiger partial charge on any atom is -0.354 e. The van der Waals surface area contributed by atoms with E-state index in [2.05, 4.69) is 115 Å². The SMILES string of the molecule is Cc1ccccc1Nc1cc(Cl)ccc1N=P(c1ccccc1)(c1ccccc1)c1ccccc1. The van der Waals surface area contributed by atoms with Crippen LogP contribution in [0.5, 0.6) is 0 Å². The highest BCUT2D eigenvalue weighted by atomic mass is 35.5. The molecule has 2 nitrogen and oxygen atoms in total. The van der Waals surface area contributed by atoms with Gasteiger partial charge in [-0.05, 0) is 36.8 Å². The highest BCUT2D eigenvalue weighted by Crippen LogP contribution is 2.51. The summed E-state index contributed by atoms with van der Waals surface area (Å²) in [5, 5.41) is 7.88. The lowest BCUT2D eigenvalue weighted by Gasteiger charge is -2.27. The molecule has 0 aliphatic carbocycles. The molecule has 0 aliphatic rings. The molecular formula is C31H26ClN2P. The first-order valence-electron chi connectivity index (χ1n) is 11.6. The lowest BCUT2D eigenvalue weighted by molar-refractivity contribution is 1.42. The quantitative estimate of drug-likeness (QED) is 0.237. The molecule has 4 heteroatoms. The summed E-state index contributed by atoms with van der Waals surface area (Å²) in [4.78, 5) is 0. The molecule has 0 spiro atoms. The van der Waals surface area contributed by atoms with Gasteiger partial charge in [0, 0.05) is 26.6 Å². The second-order valence-corrected chi connectivity index (χ2v) is 11.8. The van der Waals surface area contributed by atoms with Gasteiger partial charge in [0.05, 0.1) is 18.4 Å². The summed E-state index contributed by atoms with van der Waals surface area (Å²) in [6, 6.07) is 46.1. The zero-order chi connectivity index (χ0) is 24.1. The van der Waals surface area contributed by atoms with Crippen LogP contribution in [0.4, 0.5) is 17.1 Å². The summed E-state index contributed by atoms with van der Waals surface area (Å²) >= 11 is 6.47.